The second kappa shape index (κ2) is 8.20. The van der Waals surface area contributed by atoms with Crippen LogP contribution in [0.1, 0.15) is 5.56 Å². The Hall–Kier alpha value is -3.71. The molecule has 0 saturated heterocycles. The molecule has 0 atom stereocenters. The molecule has 2 aromatic carbocycles. The van der Waals surface area contributed by atoms with Crippen LogP contribution in [0.2, 0.25) is 0 Å². The third kappa shape index (κ3) is 4.00. The molecule has 31 heavy (non-hydrogen) atoms. The van der Waals surface area contributed by atoms with Crippen molar-refractivity contribution in [1.82, 2.24) is 19.6 Å². The third-order valence-corrected chi connectivity index (χ3v) is 5.61. The van der Waals surface area contributed by atoms with Crippen LogP contribution in [0.15, 0.2) is 89.8 Å². The van der Waals surface area contributed by atoms with Crippen molar-refractivity contribution < 1.29 is 0 Å². The van der Waals surface area contributed by atoms with Crippen LogP contribution < -0.4 is 11.1 Å². The van der Waals surface area contributed by atoms with Crippen molar-refractivity contribution in [2.24, 2.45) is 0 Å². The Balaban J connectivity index is 1.49. The summed E-state index contributed by atoms with van der Waals surface area (Å²) in [6.45, 7) is 0.639. The van der Waals surface area contributed by atoms with E-state index in [-0.39, 0.29) is 0 Å². The number of benzene rings is 2. The van der Waals surface area contributed by atoms with E-state index in [1.165, 1.54) is 0 Å². The minimum Gasteiger partial charge on any atom is -0.399 e. The monoisotopic (exact) mass is 470 g/mol. The third-order valence-electron chi connectivity index (χ3n) is 5.05. The molecule has 6 nitrogen and oxygen atoms in total. The van der Waals surface area contributed by atoms with Gasteiger partial charge in [-0.05, 0) is 50.8 Å². The number of nitrogens with one attached hydrogen (secondary N) is 1. The van der Waals surface area contributed by atoms with E-state index in [2.05, 4.69) is 55.6 Å². The van der Waals surface area contributed by atoms with E-state index in [0.29, 0.717) is 6.54 Å². The first-order valence-electron chi connectivity index (χ1n) is 9.81. The maximum atomic E-state index is 5.80. The van der Waals surface area contributed by atoms with E-state index in [9.17, 15) is 0 Å². The zero-order chi connectivity index (χ0) is 21.2. The van der Waals surface area contributed by atoms with Crippen molar-refractivity contribution in [2.45, 2.75) is 6.54 Å². The van der Waals surface area contributed by atoms with Gasteiger partial charge in [0.05, 0.1) is 16.4 Å². The maximum absolute atomic E-state index is 5.80. The van der Waals surface area contributed by atoms with Gasteiger partial charge in [0, 0.05) is 36.3 Å². The number of anilines is 2. The molecule has 0 saturated carbocycles. The summed E-state index contributed by atoms with van der Waals surface area (Å²) in [5.74, 6) is 0.858. The highest BCUT2D eigenvalue weighted by molar-refractivity contribution is 9.10. The number of nitrogens with two attached hydrogens (primary N) is 1. The van der Waals surface area contributed by atoms with Gasteiger partial charge in [0.2, 0.25) is 0 Å². The predicted molar refractivity (Wildman–Crippen MR) is 128 cm³/mol. The Morgan fingerprint density at radius 3 is 2.32 bits per heavy atom. The van der Waals surface area contributed by atoms with Crippen LogP contribution in [0.4, 0.5) is 11.5 Å². The fraction of sp³-hybridized carbons (Fsp3) is 0.0417. The lowest BCUT2D eigenvalue weighted by molar-refractivity contribution is 0.925. The average molecular weight is 471 g/mol. The summed E-state index contributed by atoms with van der Waals surface area (Å²) in [5, 5.41) is 7.90. The molecule has 7 heteroatoms. The van der Waals surface area contributed by atoms with Crippen LogP contribution in [-0.4, -0.2) is 19.6 Å². The Morgan fingerprint density at radius 1 is 0.903 bits per heavy atom. The van der Waals surface area contributed by atoms with Gasteiger partial charge in [0.1, 0.15) is 5.82 Å². The van der Waals surface area contributed by atoms with E-state index in [4.69, 9.17) is 10.7 Å². The molecule has 0 aliphatic heterocycles. The van der Waals surface area contributed by atoms with Gasteiger partial charge in [-0.25, -0.2) is 4.98 Å². The number of pyridine rings is 1. The van der Waals surface area contributed by atoms with Gasteiger partial charge in [0.25, 0.3) is 0 Å². The van der Waals surface area contributed by atoms with E-state index in [1.54, 1.807) is 16.9 Å². The number of nitrogen functional groups attached to an aromatic ring is 1. The van der Waals surface area contributed by atoms with Gasteiger partial charge in [0.15, 0.2) is 5.65 Å². The summed E-state index contributed by atoms with van der Waals surface area (Å²) in [4.78, 5) is 9.00. The lowest BCUT2D eigenvalue weighted by Gasteiger charge is -2.11. The number of aromatic nitrogens is 4. The molecule has 5 rings (SSSR count). The van der Waals surface area contributed by atoms with Crippen molar-refractivity contribution in [2.75, 3.05) is 11.1 Å². The molecule has 0 aliphatic carbocycles. The number of fused-ring (bicyclic) bond motifs is 1. The number of hydrogen-bond acceptors (Lipinski definition) is 5. The fourth-order valence-electron chi connectivity index (χ4n) is 3.41. The van der Waals surface area contributed by atoms with Crippen LogP contribution in [0, 0.1) is 0 Å². The van der Waals surface area contributed by atoms with Crippen molar-refractivity contribution in [3.05, 3.63) is 95.4 Å². The number of nitrogens with zero attached hydrogens (tertiary/aromatic N) is 4. The smallest absolute Gasteiger partial charge is 0.172 e. The second-order valence-corrected chi connectivity index (χ2v) is 8.02. The molecule has 0 fully saturated rings. The lowest BCUT2D eigenvalue weighted by Crippen LogP contribution is -2.07. The Morgan fingerprint density at radius 2 is 1.61 bits per heavy atom. The van der Waals surface area contributed by atoms with Gasteiger partial charge in [-0.2, -0.15) is 9.61 Å². The molecule has 152 valence electrons. The first-order chi connectivity index (χ1) is 15.2. The van der Waals surface area contributed by atoms with Crippen LogP contribution in [0.25, 0.3) is 28.0 Å². The summed E-state index contributed by atoms with van der Waals surface area (Å²) in [7, 11) is 0. The van der Waals surface area contributed by atoms with Crippen LogP contribution in [0.5, 0.6) is 0 Å². The lowest BCUT2D eigenvalue weighted by atomic mass is 10.0. The number of hydrogen-bond donors (Lipinski definition) is 2. The van der Waals surface area contributed by atoms with Crippen LogP contribution in [0.3, 0.4) is 0 Å². The first kappa shape index (κ1) is 19.3. The first-order valence-corrected chi connectivity index (χ1v) is 10.6. The molecule has 0 unspecified atom stereocenters. The predicted octanol–water partition coefficient (Wildman–Crippen LogP) is 5.42. The van der Waals surface area contributed by atoms with Crippen molar-refractivity contribution in [3.63, 3.8) is 0 Å². The standard InChI is InChI=1S/C24H19BrN6/c25-21-15-29-31-23(28-14-16-2-1-11-27-13-16)12-22(30-24(21)31)19-5-3-17(4-6-19)18-7-9-20(26)10-8-18/h1-13,15,28H,14,26H2. The van der Waals surface area contributed by atoms with Crippen molar-refractivity contribution in [3.8, 4) is 22.4 Å². The molecular weight excluding hydrogens is 452 g/mol. The normalized spacial score (nSPS) is 11.0. The molecule has 0 spiro atoms. The molecule has 0 aliphatic rings. The Bertz CT molecular complexity index is 1330. The van der Waals surface area contributed by atoms with Gasteiger partial charge >= 0.3 is 0 Å². The topological polar surface area (TPSA) is 81.1 Å². The van der Waals surface area contributed by atoms with Crippen molar-refractivity contribution in [1.29, 1.82) is 0 Å². The number of halogens is 1. The summed E-state index contributed by atoms with van der Waals surface area (Å²) in [6.07, 6.45) is 5.37. The van der Waals surface area contributed by atoms with E-state index >= 15 is 0 Å². The zero-order valence-corrected chi connectivity index (χ0v) is 18.1. The Labute approximate surface area is 187 Å². The number of rotatable bonds is 5. The zero-order valence-electron chi connectivity index (χ0n) is 16.5. The van der Waals surface area contributed by atoms with Gasteiger partial charge < -0.3 is 11.1 Å². The molecule has 5 aromatic rings. The highest BCUT2D eigenvalue weighted by Crippen LogP contribution is 2.28. The molecular formula is C24H19BrN6. The molecule has 0 bridgehead atoms. The van der Waals surface area contributed by atoms with Crippen LogP contribution in [-0.2, 0) is 6.54 Å². The Kier molecular flexibility index (Phi) is 5.09. The largest absolute Gasteiger partial charge is 0.399 e. The SMILES string of the molecule is Nc1ccc(-c2ccc(-c3cc(NCc4cccnc4)n4ncc(Br)c4n3)cc2)cc1. The molecule has 3 heterocycles. The summed E-state index contributed by atoms with van der Waals surface area (Å²) < 4.78 is 2.64. The highest BCUT2D eigenvalue weighted by atomic mass is 79.9. The van der Waals surface area contributed by atoms with Gasteiger partial charge in [-0.15, -0.1) is 0 Å². The second-order valence-electron chi connectivity index (χ2n) is 7.17. The van der Waals surface area contributed by atoms with Gasteiger partial charge in [-0.3, -0.25) is 4.98 Å². The minimum atomic E-state index is 0.639. The highest BCUT2D eigenvalue weighted by Gasteiger charge is 2.12. The molecule has 0 radical (unpaired) electrons. The molecule has 0 amide bonds. The molecule has 3 N–H and O–H groups in total. The average Bonchev–Trinajstić information content (AvgIpc) is 3.19. The minimum absolute atomic E-state index is 0.639. The summed E-state index contributed by atoms with van der Waals surface area (Å²) in [6, 6.07) is 22.2. The van der Waals surface area contributed by atoms with E-state index < -0.39 is 0 Å². The summed E-state index contributed by atoms with van der Waals surface area (Å²) in [5.41, 5.74) is 12.6. The van der Waals surface area contributed by atoms with Gasteiger partial charge in [-0.1, -0.05) is 42.5 Å². The van der Waals surface area contributed by atoms with E-state index in [0.717, 1.165) is 49.6 Å². The van der Waals surface area contributed by atoms with E-state index in [1.807, 2.05) is 48.7 Å². The molecule has 3 aromatic heterocycles. The fourth-order valence-corrected chi connectivity index (χ4v) is 3.76. The van der Waals surface area contributed by atoms with Crippen LogP contribution >= 0.6 is 15.9 Å². The van der Waals surface area contributed by atoms with Crippen molar-refractivity contribution >= 4 is 33.1 Å². The quantitative estimate of drug-likeness (QED) is 0.335. The maximum Gasteiger partial charge on any atom is 0.172 e. The summed E-state index contributed by atoms with van der Waals surface area (Å²) >= 11 is 3.56.